The van der Waals surface area contributed by atoms with Crippen LogP contribution in [0.4, 0.5) is 4.39 Å². The molecule has 1 N–H and O–H groups in total. The number of fused-ring (bicyclic) bond motifs is 1. The van der Waals surface area contributed by atoms with Gasteiger partial charge in [0, 0.05) is 15.8 Å². The van der Waals surface area contributed by atoms with Crippen LogP contribution in [-0.4, -0.2) is 29.4 Å². The standard InChI is InChI=1S/C14H13FO4S2/c1-2-19-11(16)7-20-6-8-12-9(15)4-3-5-10(12)21-13(8)14(17)18/h3-5H,2,6-7H2,1H3,(H,17,18). The van der Waals surface area contributed by atoms with Crippen LogP contribution in [0.3, 0.4) is 0 Å². The van der Waals surface area contributed by atoms with Gasteiger partial charge in [0.15, 0.2) is 0 Å². The Balaban J connectivity index is 2.26. The lowest BCUT2D eigenvalue weighted by molar-refractivity contribution is -0.139. The van der Waals surface area contributed by atoms with Crippen molar-refractivity contribution in [1.29, 1.82) is 0 Å². The second-order valence-corrected chi connectivity index (χ2v) is 6.16. The number of carbonyl (C=O) groups is 2. The van der Waals surface area contributed by atoms with Gasteiger partial charge in [-0.15, -0.1) is 23.1 Å². The molecule has 0 unspecified atom stereocenters. The van der Waals surface area contributed by atoms with Gasteiger partial charge in [-0.3, -0.25) is 4.79 Å². The summed E-state index contributed by atoms with van der Waals surface area (Å²) in [6.45, 7) is 2.02. The van der Waals surface area contributed by atoms with E-state index in [1.54, 1.807) is 19.1 Å². The molecule has 0 spiro atoms. The fourth-order valence-electron chi connectivity index (χ4n) is 1.92. The third-order valence-corrected chi connectivity index (χ3v) is 4.85. The maximum absolute atomic E-state index is 13.9. The molecule has 0 bridgehead atoms. The molecule has 0 aliphatic heterocycles. The van der Waals surface area contributed by atoms with Crippen molar-refractivity contribution in [3.63, 3.8) is 0 Å². The number of rotatable bonds is 6. The van der Waals surface area contributed by atoms with Crippen LogP contribution in [0.15, 0.2) is 18.2 Å². The molecule has 2 aromatic rings. The zero-order valence-corrected chi connectivity index (χ0v) is 12.9. The van der Waals surface area contributed by atoms with E-state index in [0.29, 0.717) is 22.3 Å². The quantitative estimate of drug-likeness (QED) is 0.822. The van der Waals surface area contributed by atoms with E-state index in [1.165, 1.54) is 17.8 Å². The van der Waals surface area contributed by atoms with Crippen molar-refractivity contribution >= 4 is 45.1 Å². The number of carbonyl (C=O) groups excluding carboxylic acids is 1. The smallest absolute Gasteiger partial charge is 0.346 e. The number of carboxylic acid groups (broad SMARTS) is 1. The third kappa shape index (κ3) is 3.54. The summed E-state index contributed by atoms with van der Waals surface area (Å²) < 4.78 is 19.3. The van der Waals surface area contributed by atoms with Crippen LogP contribution < -0.4 is 0 Å². The van der Waals surface area contributed by atoms with Crippen LogP contribution in [0.25, 0.3) is 10.1 Å². The zero-order valence-electron chi connectivity index (χ0n) is 11.2. The lowest BCUT2D eigenvalue weighted by Crippen LogP contribution is -2.07. The molecule has 7 heteroatoms. The Hall–Kier alpha value is -1.60. The van der Waals surface area contributed by atoms with E-state index in [0.717, 1.165) is 11.3 Å². The number of thiophene rings is 1. The van der Waals surface area contributed by atoms with Gasteiger partial charge in [-0.1, -0.05) is 6.07 Å². The number of hydrogen-bond acceptors (Lipinski definition) is 5. The maximum atomic E-state index is 13.9. The van der Waals surface area contributed by atoms with Crippen molar-refractivity contribution in [2.24, 2.45) is 0 Å². The molecule has 112 valence electrons. The van der Waals surface area contributed by atoms with Gasteiger partial charge in [-0.25, -0.2) is 9.18 Å². The molecule has 1 heterocycles. The first-order chi connectivity index (χ1) is 10.0. The topological polar surface area (TPSA) is 63.6 Å². The van der Waals surface area contributed by atoms with E-state index in [2.05, 4.69) is 0 Å². The summed E-state index contributed by atoms with van der Waals surface area (Å²) in [5.74, 6) is -1.52. The highest BCUT2D eigenvalue weighted by Gasteiger charge is 2.20. The zero-order chi connectivity index (χ0) is 15.4. The summed E-state index contributed by atoms with van der Waals surface area (Å²) in [5.41, 5.74) is 0.426. The first kappa shape index (κ1) is 15.8. The molecule has 0 saturated heterocycles. The average molecular weight is 328 g/mol. The maximum Gasteiger partial charge on any atom is 0.346 e. The minimum atomic E-state index is -1.08. The van der Waals surface area contributed by atoms with E-state index in [4.69, 9.17) is 4.74 Å². The van der Waals surface area contributed by atoms with Gasteiger partial charge in [-0.2, -0.15) is 0 Å². The molecule has 0 aliphatic rings. The number of ether oxygens (including phenoxy) is 1. The molecular formula is C14H13FO4S2. The van der Waals surface area contributed by atoms with Crippen molar-refractivity contribution in [2.45, 2.75) is 12.7 Å². The predicted octanol–water partition coefficient (Wildman–Crippen LogP) is 3.53. The van der Waals surface area contributed by atoms with Crippen LogP contribution in [-0.2, 0) is 15.3 Å². The van der Waals surface area contributed by atoms with E-state index in [9.17, 15) is 19.1 Å². The summed E-state index contributed by atoms with van der Waals surface area (Å²) in [4.78, 5) is 22.7. The van der Waals surface area contributed by atoms with Crippen molar-refractivity contribution in [3.05, 3.63) is 34.5 Å². The summed E-state index contributed by atoms with van der Waals surface area (Å²) in [6, 6.07) is 4.55. The first-order valence-corrected chi connectivity index (χ1v) is 8.18. The Labute approximate surface area is 128 Å². The molecular weight excluding hydrogens is 315 g/mol. The second kappa shape index (κ2) is 6.91. The average Bonchev–Trinajstić information content (AvgIpc) is 2.79. The van der Waals surface area contributed by atoms with Crippen LogP contribution in [0.5, 0.6) is 0 Å². The largest absolute Gasteiger partial charge is 0.477 e. The van der Waals surface area contributed by atoms with Crippen LogP contribution in [0.1, 0.15) is 22.2 Å². The van der Waals surface area contributed by atoms with Crippen LogP contribution >= 0.6 is 23.1 Å². The highest BCUT2D eigenvalue weighted by atomic mass is 32.2. The number of benzene rings is 1. The molecule has 0 radical (unpaired) electrons. The van der Waals surface area contributed by atoms with E-state index >= 15 is 0 Å². The highest BCUT2D eigenvalue weighted by molar-refractivity contribution is 7.99. The Morgan fingerprint density at radius 3 is 2.86 bits per heavy atom. The Bertz CT molecular complexity index is 681. The summed E-state index contributed by atoms with van der Waals surface area (Å²) in [6.07, 6.45) is 0. The molecule has 1 aromatic carbocycles. The van der Waals surface area contributed by atoms with Gasteiger partial charge in [0.25, 0.3) is 0 Å². The highest BCUT2D eigenvalue weighted by Crippen LogP contribution is 2.35. The number of carboxylic acids is 1. The van der Waals surface area contributed by atoms with E-state index in [1.807, 2.05) is 0 Å². The number of esters is 1. The molecule has 2 rings (SSSR count). The van der Waals surface area contributed by atoms with Gasteiger partial charge >= 0.3 is 11.9 Å². The monoisotopic (exact) mass is 328 g/mol. The fourth-order valence-corrected chi connectivity index (χ4v) is 3.93. The molecule has 0 amide bonds. The third-order valence-electron chi connectivity index (χ3n) is 2.73. The minimum absolute atomic E-state index is 0.110. The molecule has 0 saturated carbocycles. The van der Waals surface area contributed by atoms with Crippen molar-refractivity contribution < 1.29 is 23.8 Å². The molecule has 1 aromatic heterocycles. The lowest BCUT2D eigenvalue weighted by Gasteiger charge is -2.03. The van der Waals surface area contributed by atoms with Crippen molar-refractivity contribution in [2.75, 3.05) is 12.4 Å². The fraction of sp³-hybridized carbons (Fsp3) is 0.286. The second-order valence-electron chi connectivity index (χ2n) is 4.13. The normalized spacial score (nSPS) is 10.8. The number of hydrogen-bond donors (Lipinski definition) is 1. The van der Waals surface area contributed by atoms with Crippen LogP contribution in [0.2, 0.25) is 0 Å². The molecule has 0 aliphatic carbocycles. The Morgan fingerprint density at radius 2 is 2.19 bits per heavy atom. The molecule has 0 atom stereocenters. The summed E-state index contributed by atoms with van der Waals surface area (Å²) in [5, 5.41) is 9.57. The lowest BCUT2D eigenvalue weighted by atomic mass is 10.1. The first-order valence-electron chi connectivity index (χ1n) is 6.21. The van der Waals surface area contributed by atoms with Gasteiger partial charge < -0.3 is 9.84 Å². The van der Waals surface area contributed by atoms with E-state index < -0.39 is 11.8 Å². The number of halogens is 1. The van der Waals surface area contributed by atoms with Gasteiger partial charge in [0.05, 0.1) is 12.4 Å². The van der Waals surface area contributed by atoms with Gasteiger partial charge in [-0.05, 0) is 24.6 Å². The Morgan fingerprint density at radius 1 is 1.43 bits per heavy atom. The van der Waals surface area contributed by atoms with Crippen molar-refractivity contribution in [1.82, 2.24) is 0 Å². The Kier molecular flexibility index (Phi) is 5.19. The van der Waals surface area contributed by atoms with Gasteiger partial charge in [0.1, 0.15) is 10.7 Å². The predicted molar refractivity (Wildman–Crippen MR) is 81.5 cm³/mol. The van der Waals surface area contributed by atoms with Crippen molar-refractivity contribution in [3.8, 4) is 0 Å². The summed E-state index contributed by atoms with van der Waals surface area (Å²) in [7, 11) is 0. The summed E-state index contributed by atoms with van der Waals surface area (Å²) >= 11 is 2.26. The number of thioether (sulfide) groups is 1. The molecule has 0 fully saturated rings. The van der Waals surface area contributed by atoms with E-state index in [-0.39, 0.29) is 22.4 Å². The molecule has 21 heavy (non-hydrogen) atoms. The SMILES string of the molecule is CCOC(=O)CSCc1c(C(=O)O)sc2cccc(F)c12. The number of aromatic carboxylic acids is 1. The van der Waals surface area contributed by atoms with Crippen LogP contribution in [0, 0.1) is 5.82 Å². The molecule has 4 nitrogen and oxygen atoms in total. The minimum Gasteiger partial charge on any atom is -0.477 e. The van der Waals surface area contributed by atoms with Gasteiger partial charge in [0.2, 0.25) is 0 Å².